The number of rotatable bonds is 2. The summed E-state index contributed by atoms with van der Waals surface area (Å²) in [6.07, 6.45) is 1.82. The molecule has 1 unspecified atom stereocenters. The topological polar surface area (TPSA) is 20.2 Å². The molecule has 2 heteroatoms. The van der Waals surface area contributed by atoms with Crippen molar-refractivity contribution in [1.82, 2.24) is 0 Å². The monoisotopic (exact) mass is 284 g/mol. The van der Waals surface area contributed by atoms with Crippen LogP contribution in [0.4, 0.5) is 4.39 Å². The van der Waals surface area contributed by atoms with Gasteiger partial charge in [-0.25, -0.2) is 4.39 Å². The standard InChI is InChI=1S/C19H21FO/c1-12(2)19-17-5-3-4-14(11-21)16(17)9-7-13-6-8-15(20)10-18(13)19/h3-6,8,10,12,19,21H,7,9,11H2,1-2H3. The van der Waals surface area contributed by atoms with Crippen LogP contribution in [0.5, 0.6) is 0 Å². The Balaban J connectivity index is 2.24. The Hall–Kier alpha value is -1.67. The molecule has 2 aromatic rings. The molecular formula is C19H21FO. The lowest BCUT2D eigenvalue weighted by molar-refractivity contribution is 0.280. The van der Waals surface area contributed by atoms with Crippen LogP contribution in [0.2, 0.25) is 0 Å². The number of hydrogen-bond donors (Lipinski definition) is 1. The van der Waals surface area contributed by atoms with Gasteiger partial charge in [-0.3, -0.25) is 0 Å². The minimum Gasteiger partial charge on any atom is -0.392 e. The summed E-state index contributed by atoms with van der Waals surface area (Å²) >= 11 is 0. The molecule has 0 saturated carbocycles. The molecule has 0 spiro atoms. The van der Waals surface area contributed by atoms with Crippen molar-refractivity contribution >= 4 is 0 Å². The molecule has 2 aromatic carbocycles. The van der Waals surface area contributed by atoms with Crippen molar-refractivity contribution < 1.29 is 9.50 Å². The van der Waals surface area contributed by atoms with E-state index < -0.39 is 0 Å². The summed E-state index contributed by atoms with van der Waals surface area (Å²) in [4.78, 5) is 0. The van der Waals surface area contributed by atoms with Gasteiger partial charge in [0, 0.05) is 5.92 Å². The zero-order chi connectivity index (χ0) is 15.0. The lowest BCUT2D eigenvalue weighted by Crippen LogP contribution is -2.12. The van der Waals surface area contributed by atoms with Gasteiger partial charge >= 0.3 is 0 Å². The number of halogens is 1. The van der Waals surface area contributed by atoms with Crippen molar-refractivity contribution in [2.75, 3.05) is 0 Å². The van der Waals surface area contributed by atoms with Crippen molar-refractivity contribution in [1.29, 1.82) is 0 Å². The third kappa shape index (κ3) is 2.49. The van der Waals surface area contributed by atoms with Crippen LogP contribution in [0, 0.1) is 11.7 Å². The maximum Gasteiger partial charge on any atom is 0.123 e. The molecule has 1 aliphatic rings. The number of hydrogen-bond acceptors (Lipinski definition) is 1. The summed E-state index contributed by atoms with van der Waals surface area (Å²) in [5.41, 5.74) is 5.84. The van der Waals surface area contributed by atoms with Crippen LogP contribution >= 0.6 is 0 Å². The molecule has 21 heavy (non-hydrogen) atoms. The molecule has 1 atom stereocenters. The van der Waals surface area contributed by atoms with Gasteiger partial charge in [0.05, 0.1) is 6.61 Å². The Labute approximate surface area is 125 Å². The summed E-state index contributed by atoms with van der Waals surface area (Å²) in [5.74, 6) is 0.414. The molecular weight excluding hydrogens is 263 g/mol. The molecule has 1 aliphatic carbocycles. The van der Waals surface area contributed by atoms with Crippen LogP contribution in [-0.4, -0.2) is 5.11 Å². The molecule has 0 amide bonds. The third-order valence-corrected chi connectivity index (χ3v) is 4.57. The van der Waals surface area contributed by atoms with E-state index in [2.05, 4.69) is 19.9 Å². The van der Waals surface area contributed by atoms with Crippen LogP contribution in [-0.2, 0) is 19.4 Å². The maximum atomic E-state index is 13.7. The highest BCUT2D eigenvalue weighted by molar-refractivity contribution is 5.48. The van der Waals surface area contributed by atoms with E-state index in [9.17, 15) is 9.50 Å². The van der Waals surface area contributed by atoms with Crippen LogP contribution in [0.1, 0.15) is 47.6 Å². The Morgan fingerprint density at radius 2 is 1.95 bits per heavy atom. The van der Waals surface area contributed by atoms with Gasteiger partial charge in [-0.2, -0.15) is 0 Å². The fourth-order valence-corrected chi connectivity index (χ4v) is 3.63. The Morgan fingerprint density at radius 3 is 2.67 bits per heavy atom. The molecule has 0 aromatic heterocycles. The molecule has 0 bridgehead atoms. The molecule has 0 radical (unpaired) electrons. The van der Waals surface area contributed by atoms with E-state index >= 15 is 0 Å². The number of aliphatic hydroxyl groups is 1. The van der Waals surface area contributed by atoms with Gasteiger partial charge in [-0.05, 0) is 58.7 Å². The van der Waals surface area contributed by atoms with Gasteiger partial charge < -0.3 is 5.11 Å². The van der Waals surface area contributed by atoms with Gasteiger partial charge in [-0.15, -0.1) is 0 Å². The average molecular weight is 284 g/mol. The van der Waals surface area contributed by atoms with Crippen LogP contribution in [0.15, 0.2) is 36.4 Å². The Morgan fingerprint density at radius 1 is 1.14 bits per heavy atom. The van der Waals surface area contributed by atoms with Crippen molar-refractivity contribution in [3.63, 3.8) is 0 Å². The van der Waals surface area contributed by atoms with Gasteiger partial charge in [-0.1, -0.05) is 38.1 Å². The second-order valence-electron chi connectivity index (χ2n) is 6.21. The van der Waals surface area contributed by atoms with Crippen LogP contribution < -0.4 is 0 Å². The van der Waals surface area contributed by atoms with Gasteiger partial charge in [0.25, 0.3) is 0 Å². The van der Waals surface area contributed by atoms with Gasteiger partial charge in [0.1, 0.15) is 5.82 Å². The third-order valence-electron chi connectivity index (χ3n) is 4.57. The predicted octanol–water partition coefficient (Wildman–Crippen LogP) is 4.20. The summed E-state index contributed by atoms with van der Waals surface area (Å²) in [7, 11) is 0. The summed E-state index contributed by atoms with van der Waals surface area (Å²) in [6.45, 7) is 4.43. The highest BCUT2D eigenvalue weighted by Gasteiger charge is 2.27. The first-order chi connectivity index (χ1) is 10.1. The van der Waals surface area contributed by atoms with Crippen molar-refractivity contribution in [3.8, 4) is 0 Å². The maximum absolute atomic E-state index is 13.7. The minimum atomic E-state index is -0.166. The van der Waals surface area contributed by atoms with Crippen molar-refractivity contribution in [2.45, 2.75) is 39.2 Å². The second-order valence-corrected chi connectivity index (χ2v) is 6.21. The SMILES string of the molecule is CC(C)C1c2cc(F)ccc2CCc2c(CO)cccc21. The fourth-order valence-electron chi connectivity index (χ4n) is 3.63. The predicted molar refractivity (Wildman–Crippen MR) is 82.9 cm³/mol. The molecule has 1 nitrogen and oxygen atoms in total. The largest absolute Gasteiger partial charge is 0.392 e. The van der Waals surface area contributed by atoms with Crippen molar-refractivity contribution in [3.05, 3.63) is 70.0 Å². The zero-order valence-corrected chi connectivity index (χ0v) is 12.6. The molecule has 1 N–H and O–H groups in total. The summed E-state index contributed by atoms with van der Waals surface area (Å²) in [5, 5.41) is 9.61. The molecule has 0 fully saturated rings. The molecule has 110 valence electrons. The van der Waals surface area contributed by atoms with E-state index in [4.69, 9.17) is 0 Å². The zero-order valence-electron chi connectivity index (χ0n) is 12.6. The molecule has 0 heterocycles. The lowest BCUT2D eigenvalue weighted by atomic mass is 9.79. The van der Waals surface area contributed by atoms with Crippen molar-refractivity contribution in [2.24, 2.45) is 5.92 Å². The molecule has 3 rings (SSSR count). The molecule has 0 saturated heterocycles. The quantitative estimate of drug-likeness (QED) is 0.876. The first-order valence-electron chi connectivity index (χ1n) is 7.61. The number of benzene rings is 2. The first kappa shape index (κ1) is 14.3. The van der Waals surface area contributed by atoms with E-state index in [-0.39, 0.29) is 18.3 Å². The van der Waals surface area contributed by atoms with Crippen LogP contribution in [0.3, 0.4) is 0 Å². The number of fused-ring (bicyclic) bond motifs is 2. The second kappa shape index (κ2) is 5.61. The highest BCUT2D eigenvalue weighted by atomic mass is 19.1. The van der Waals surface area contributed by atoms with E-state index in [1.54, 1.807) is 12.1 Å². The van der Waals surface area contributed by atoms with E-state index in [0.29, 0.717) is 5.92 Å². The average Bonchev–Trinajstić information content (AvgIpc) is 2.62. The highest BCUT2D eigenvalue weighted by Crippen LogP contribution is 2.40. The normalized spacial score (nSPS) is 17.3. The smallest absolute Gasteiger partial charge is 0.123 e. The molecule has 0 aliphatic heterocycles. The number of aryl methyl sites for hydroxylation is 1. The fraction of sp³-hybridized carbons (Fsp3) is 0.368. The van der Waals surface area contributed by atoms with E-state index in [0.717, 1.165) is 24.0 Å². The summed E-state index contributed by atoms with van der Waals surface area (Å²) < 4.78 is 13.7. The summed E-state index contributed by atoms with van der Waals surface area (Å²) in [6, 6.07) is 11.3. The van der Waals surface area contributed by atoms with Gasteiger partial charge in [0.15, 0.2) is 0 Å². The number of aliphatic hydroxyl groups excluding tert-OH is 1. The Kier molecular flexibility index (Phi) is 3.81. The van der Waals surface area contributed by atoms with Gasteiger partial charge in [0.2, 0.25) is 0 Å². The van der Waals surface area contributed by atoms with E-state index in [1.165, 1.54) is 16.7 Å². The minimum absolute atomic E-state index is 0.0681. The lowest BCUT2D eigenvalue weighted by Gasteiger charge is -2.25. The first-order valence-corrected chi connectivity index (χ1v) is 7.61. The van der Waals surface area contributed by atoms with E-state index in [1.807, 2.05) is 18.2 Å². The Bertz CT molecular complexity index is 661. The van der Waals surface area contributed by atoms with Crippen LogP contribution in [0.25, 0.3) is 0 Å².